The van der Waals surface area contributed by atoms with Gasteiger partial charge in [-0.25, -0.2) is 0 Å². The van der Waals surface area contributed by atoms with Crippen molar-refractivity contribution in [3.63, 3.8) is 0 Å². The maximum Gasteiger partial charge on any atom is 0.194 e. The van der Waals surface area contributed by atoms with Crippen molar-refractivity contribution >= 4 is 23.1 Å². The molecule has 2 rings (SSSR count). The number of anilines is 1. The van der Waals surface area contributed by atoms with E-state index in [1.807, 2.05) is 25.1 Å². The molecule has 20 heavy (non-hydrogen) atoms. The summed E-state index contributed by atoms with van der Waals surface area (Å²) in [6, 6.07) is 16.2. The van der Waals surface area contributed by atoms with Crippen molar-refractivity contribution in [2.45, 2.75) is 19.4 Å². The van der Waals surface area contributed by atoms with Gasteiger partial charge in [0, 0.05) is 10.6 Å². The molecule has 0 spiro atoms. The summed E-state index contributed by atoms with van der Waals surface area (Å²) in [6.07, 6.45) is 0.0713. The van der Waals surface area contributed by atoms with Crippen molar-refractivity contribution in [1.82, 2.24) is 0 Å². The van der Waals surface area contributed by atoms with Gasteiger partial charge in [-0.3, -0.25) is 15.1 Å². The van der Waals surface area contributed by atoms with E-state index in [0.29, 0.717) is 17.0 Å². The fourth-order valence-electron chi connectivity index (χ4n) is 1.77. The monoisotopic (exact) mass is 289 g/mol. The summed E-state index contributed by atoms with van der Waals surface area (Å²) < 4.78 is 0. The molecule has 0 radical (unpaired) electrons. The number of benzene rings is 2. The first-order chi connectivity index (χ1) is 9.70. The number of carbonyl (C=O) groups is 1. The summed E-state index contributed by atoms with van der Waals surface area (Å²) in [5, 5.41) is 0.656. The van der Waals surface area contributed by atoms with E-state index in [9.17, 15) is 4.79 Å². The quantitative estimate of drug-likeness (QED) is 0.635. The van der Waals surface area contributed by atoms with Crippen LogP contribution in [-0.2, 0) is 4.84 Å². The molecule has 0 amide bonds. The smallest absolute Gasteiger partial charge is 0.194 e. The van der Waals surface area contributed by atoms with E-state index in [1.54, 1.807) is 36.4 Å². The van der Waals surface area contributed by atoms with Gasteiger partial charge in [-0.05, 0) is 30.7 Å². The number of nitrogens with one attached hydrogen (secondary N) is 1. The molecule has 2 aromatic rings. The van der Waals surface area contributed by atoms with Gasteiger partial charge in [-0.2, -0.15) is 0 Å². The van der Waals surface area contributed by atoms with Gasteiger partial charge in [0.15, 0.2) is 5.78 Å². The van der Waals surface area contributed by atoms with Gasteiger partial charge in [-0.15, -0.1) is 0 Å². The van der Waals surface area contributed by atoms with Crippen LogP contribution >= 0.6 is 11.6 Å². The van der Waals surface area contributed by atoms with Crippen LogP contribution in [0.15, 0.2) is 54.6 Å². The first-order valence-electron chi connectivity index (χ1n) is 6.47. The van der Waals surface area contributed by atoms with Gasteiger partial charge in [0.2, 0.25) is 0 Å². The molecule has 0 aliphatic carbocycles. The molecule has 3 nitrogen and oxygen atoms in total. The van der Waals surface area contributed by atoms with Crippen LogP contribution in [0, 0.1) is 0 Å². The van der Waals surface area contributed by atoms with Crippen LogP contribution in [0.5, 0.6) is 0 Å². The topological polar surface area (TPSA) is 38.3 Å². The van der Waals surface area contributed by atoms with Gasteiger partial charge >= 0.3 is 0 Å². The highest BCUT2D eigenvalue weighted by molar-refractivity contribution is 6.30. The molecule has 104 valence electrons. The highest BCUT2D eigenvalue weighted by Crippen LogP contribution is 2.15. The second kappa shape index (κ2) is 7.08. The lowest BCUT2D eigenvalue weighted by Crippen LogP contribution is -2.26. The Morgan fingerprint density at radius 2 is 1.80 bits per heavy atom. The fourth-order valence-corrected chi connectivity index (χ4v) is 1.89. The second-order valence-electron chi connectivity index (χ2n) is 4.35. The molecule has 0 saturated heterocycles. The fraction of sp³-hybridized carbons (Fsp3) is 0.188. The normalized spacial score (nSPS) is 11.9. The maximum atomic E-state index is 12.3. The van der Waals surface area contributed by atoms with Crippen molar-refractivity contribution in [2.24, 2.45) is 0 Å². The Kier molecular flexibility index (Phi) is 5.16. The van der Waals surface area contributed by atoms with Crippen LogP contribution in [0.1, 0.15) is 23.7 Å². The number of Topliss-reactive ketones (excluding diaryl/α,β-unsaturated/α-hetero) is 1. The summed E-state index contributed by atoms with van der Waals surface area (Å²) in [5.74, 6) is -0.0328. The zero-order chi connectivity index (χ0) is 14.4. The Morgan fingerprint density at radius 1 is 1.15 bits per heavy atom. The Hall–Kier alpha value is -1.84. The largest absolute Gasteiger partial charge is 0.291 e. The van der Waals surface area contributed by atoms with Gasteiger partial charge in [0.1, 0.15) is 6.10 Å². The van der Waals surface area contributed by atoms with Crippen molar-refractivity contribution < 1.29 is 9.63 Å². The SMILES string of the molecule is CC[C@H](ONc1ccc(Cl)cc1)C(=O)c1ccccc1. The molecule has 4 heteroatoms. The predicted molar refractivity (Wildman–Crippen MR) is 81.0 cm³/mol. The lowest BCUT2D eigenvalue weighted by atomic mass is 10.1. The summed E-state index contributed by atoms with van der Waals surface area (Å²) in [6.45, 7) is 1.91. The van der Waals surface area contributed by atoms with E-state index in [1.165, 1.54) is 0 Å². The standard InChI is InChI=1S/C16H16ClNO2/c1-2-15(16(19)12-6-4-3-5-7-12)20-18-14-10-8-13(17)9-11-14/h3-11,15,18H,2H2,1H3/t15-/m0/s1. The molecule has 0 aliphatic rings. The van der Waals surface area contributed by atoms with E-state index in [4.69, 9.17) is 16.4 Å². The van der Waals surface area contributed by atoms with Crippen molar-refractivity contribution in [3.05, 3.63) is 65.2 Å². The molecule has 0 aromatic heterocycles. The van der Waals surface area contributed by atoms with Crippen LogP contribution in [-0.4, -0.2) is 11.9 Å². The lowest BCUT2D eigenvalue weighted by Gasteiger charge is -2.16. The van der Waals surface area contributed by atoms with Crippen LogP contribution in [0.2, 0.25) is 5.02 Å². The van der Waals surface area contributed by atoms with Crippen molar-refractivity contribution in [2.75, 3.05) is 5.48 Å². The van der Waals surface area contributed by atoms with Crippen LogP contribution < -0.4 is 5.48 Å². The van der Waals surface area contributed by atoms with Crippen LogP contribution in [0.3, 0.4) is 0 Å². The zero-order valence-electron chi connectivity index (χ0n) is 11.2. The third-order valence-electron chi connectivity index (χ3n) is 2.88. The van der Waals surface area contributed by atoms with E-state index < -0.39 is 6.10 Å². The summed E-state index contributed by atoms with van der Waals surface area (Å²) in [7, 11) is 0. The van der Waals surface area contributed by atoms with Crippen molar-refractivity contribution in [3.8, 4) is 0 Å². The minimum absolute atomic E-state index is 0.0328. The Labute approximate surface area is 123 Å². The number of hydrogen-bond donors (Lipinski definition) is 1. The molecule has 0 fully saturated rings. The van der Waals surface area contributed by atoms with Crippen LogP contribution in [0.25, 0.3) is 0 Å². The summed E-state index contributed by atoms with van der Waals surface area (Å²) in [5.41, 5.74) is 4.20. The molecule has 2 aromatic carbocycles. The number of rotatable bonds is 6. The molecule has 0 heterocycles. The molecular weight excluding hydrogens is 274 g/mol. The minimum Gasteiger partial charge on any atom is -0.291 e. The van der Waals surface area contributed by atoms with E-state index in [2.05, 4.69) is 5.48 Å². The highest BCUT2D eigenvalue weighted by atomic mass is 35.5. The molecule has 0 bridgehead atoms. The number of carbonyl (C=O) groups excluding carboxylic acids is 1. The zero-order valence-corrected chi connectivity index (χ0v) is 11.9. The first-order valence-corrected chi connectivity index (χ1v) is 6.85. The van der Waals surface area contributed by atoms with Gasteiger partial charge in [0.05, 0.1) is 5.69 Å². The number of halogens is 1. The molecule has 0 aliphatic heterocycles. The third-order valence-corrected chi connectivity index (χ3v) is 3.14. The Bertz CT molecular complexity index is 554. The molecule has 1 N–H and O–H groups in total. The highest BCUT2D eigenvalue weighted by Gasteiger charge is 2.19. The van der Waals surface area contributed by atoms with E-state index in [-0.39, 0.29) is 5.78 Å². The Morgan fingerprint density at radius 3 is 2.40 bits per heavy atom. The Balaban J connectivity index is 1.99. The molecule has 0 unspecified atom stereocenters. The number of ketones is 1. The molecule has 0 saturated carbocycles. The predicted octanol–water partition coefficient (Wildman–Crippen LogP) is 4.35. The number of hydrogen-bond acceptors (Lipinski definition) is 3. The minimum atomic E-state index is -0.520. The molecular formula is C16H16ClNO2. The average molecular weight is 290 g/mol. The average Bonchev–Trinajstić information content (AvgIpc) is 2.50. The van der Waals surface area contributed by atoms with Gasteiger partial charge in [-0.1, -0.05) is 48.9 Å². The second-order valence-corrected chi connectivity index (χ2v) is 4.79. The van der Waals surface area contributed by atoms with Crippen molar-refractivity contribution in [1.29, 1.82) is 0 Å². The van der Waals surface area contributed by atoms with E-state index in [0.717, 1.165) is 5.69 Å². The lowest BCUT2D eigenvalue weighted by molar-refractivity contribution is 0.0587. The van der Waals surface area contributed by atoms with Gasteiger partial charge in [0.25, 0.3) is 0 Å². The third kappa shape index (κ3) is 3.83. The molecule has 1 atom stereocenters. The summed E-state index contributed by atoms with van der Waals surface area (Å²) >= 11 is 5.81. The summed E-state index contributed by atoms with van der Waals surface area (Å²) in [4.78, 5) is 17.8. The maximum absolute atomic E-state index is 12.3. The van der Waals surface area contributed by atoms with Crippen LogP contribution in [0.4, 0.5) is 5.69 Å². The van der Waals surface area contributed by atoms with Gasteiger partial charge < -0.3 is 0 Å². The van der Waals surface area contributed by atoms with E-state index >= 15 is 0 Å². The first kappa shape index (κ1) is 14.6.